The number of benzene rings is 1. The van der Waals surface area contributed by atoms with Crippen LogP contribution in [0.3, 0.4) is 0 Å². The van der Waals surface area contributed by atoms with Gasteiger partial charge in [0.15, 0.2) is 0 Å². The van der Waals surface area contributed by atoms with E-state index in [-0.39, 0.29) is 15.7 Å². The van der Waals surface area contributed by atoms with Crippen molar-refractivity contribution in [1.29, 1.82) is 0 Å². The van der Waals surface area contributed by atoms with E-state index in [1.165, 1.54) is 12.1 Å². The van der Waals surface area contributed by atoms with Crippen molar-refractivity contribution >= 4 is 28.1 Å². The number of hydrogen-bond donors (Lipinski definition) is 1. The van der Waals surface area contributed by atoms with E-state index in [1.54, 1.807) is 0 Å². The Balaban J connectivity index is 2.51. The molecule has 2 rings (SSSR count). The fraction of sp³-hybridized carbons (Fsp3) is 0.111. The summed E-state index contributed by atoms with van der Waals surface area (Å²) in [6.45, 7) is 0. The van der Waals surface area contributed by atoms with Gasteiger partial charge in [0, 0.05) is 5.56 Å². The third kappa shape index (κ3) is 2.50. The second kappa shape index (κ2) is 4.15. The van der Waals surface area contributed by atoms with Crippen LogP contribution >= 0.6 is 22.9 Å². The molecule has 0 aliphatic rings. The van der Waals surface area contributed by atoms with Crippen molar-refractivity contribution in [3.05, 3.63) is 28.8 Å². The van der Waals surface area contributed by atoms with Gasteiger partial charge in [-0.3, -0.25) is 0 Å². The predicted molar refractivity (Wildman–Crippen MR) is 59.8 cm³/mol. The molecule has 0 bridgehead atoms. The molecule has 0 unspecified atom stereocenters. The number of rotatable bonds is 1. The zero-order chi connectivity index (χ0) is 12.6. The smallest absolute Gasteiger partial charge is 0.374 e. The summed E-state index contributed by atoms with van der Waals surface area (Å²) in [5.74, 6) is 0. The van der Waals surface area contributed by atoms with Gasteiger partial charge in [-0.15, -0.1) is 10.2 Å². The monoisotopic (exact) mass is 279 g/mol. The van der Waals surface area contributed by atoms with Gasteiger partial charge in [-0.1, -0.05) is 29.0 Å². The molecule has 90 valence electrons. The highest BCUT2D eigenvalue weighted by atomic mass is 35.5. The third-order valence-electron chi connectivity index (χ3n) is 1.96. The van der Waals surface area contributed by atoms with Crippen LogP contribution in [0.25, 0.3) is 10.6 Å². The number of halogens is 4. The minimum atomic E-state index is -4.50. The molecule has 0 aliphatic heterocycles. The van der Waals surface area contributed by atoms with Gasteiger partial charge in [0.25, 0.3) is 0 Å². The van der Waals surface area contributed by atoms with Crippen LogP contribution in [-0.2, 0) is 6.18 Å². The maximum Gasteiger partial charge on any atom is 0.417 e. The van der Waals surface area contributed by atoms with Crippen LogP contribution in [0, 0.1) is 0 Å². The van der Waals surface area contributed by atoms with Crippen LogP contribution in [0.4, 0.5) is 18.3 Å². The van der Waals surface area contributed by atoms with Crippen LogP contribution in [0.2, 0.25) is 5.02 Å². The van der Waals surface area contributed by atoms with Gasteiger partial charge < -0.3 is 5.73 Å². The third-order valence-corrected chi connectivity index (χ3v) is 3.09. The average Bonchev–Trinajstić information content (AvgIpc) is 2.64. The molecule has 0 fully saturated rings. The number of alkyl halides is 3. The predicted octanol–water partition coefficient (Wildman–Crippen LogP) is 3.46. The molecule has 1 aromatic heterocycles. The minimum absolute atomic E-state index is 0.198. The summed E-state index contributed by atoms with van der Waals surface area (Å²) in [6, 6.07) is 3.55. The molecule has 1 heterocycles. The van der Waals surface area contributed by atoms with Crippen molar-refractivity contribution < 1.29 is 13.2 Å². The molecular weight excluding hydrogens is 275 g/mol. The topological polar surface area (TPSA) is 51.8 Å². The molecule has 0 spiro atoms. The van der Waals surface area contributed by atoms with Gasteiger partial charge in [-0.2, -0.15) is 13.2 Å². The highest BCUT2D eigenvalue weighted by Gasteiger charge is 2.33. The minimum Gasteiger partial charge on any atom is -0.374 e. The fourth-order valence-corrected chi connectivity index (χ4v) is 2.06. The van der Waals surface area contributed by atoms with Crippen molar-refractivity contribution in [3.8, 4) is 10.6 Å². The van der Waals surface area contributed by atoms with Gasteiger partial charge in [-0.05, 0) is 12.1 Å². The lowest BCUT2D eigenvalue weighted by molar-refractivity contribution is -0.137. The van der Waals surface area contributed by atoms with E-state index in [0.29, 0.717) is 5.01 Å². The quantitative estimate of drug-likeness (QED) is 0.870. The second-order valence-electron chi connectivity index (χ2n) is 3.14. The molecule has 0 saturated carbocycles. The number of anilines is 1. The number of hydrogen-bond acceptors (Lipinski definition) is 4. The van der Waals surface area contributed by atoms with Gasteiger partial charge >= 0.3 is 6.18 Å². The van der Waals surface area contributed by atoms with E-state index in [2.05, 4.69) is 10.2 Å². The summed E-state index contributed by atoms with van der Waals surface area (Å²) < 4.78 is 37.8. The number of nitrogen functional groups attached to an aromatic ring is 1. The first kappa shape index (κ1) is 12.1. The van der Waals surface area contributed by atoms with E-state index < -0.39 is 11.7 Å². The van der Waals surface area contributed by atoms with E-state index in [4.69, 9.17) is 17.3 Å². The van der Waals surface area contributed by atoms with E-state index >= 15 is 0 Å². The molecule has 0 radical (unpaired) electrons. The lowest BCUT2D eigenvalue weighted by Gasteiger charge is -2.09. The van der Waals surface area contributed by atoms with E-state index in [0.717, 1.165) is 17.4 Å². The van der Waals surface area contributed by atoms with Gasteiger partial charge in [0.05, 0.1) is 10.6 Å². The zero-order valence-electron chi connectivity index (χ0n) is 8.12. The summed E-state index contributed by atoms with van der Waals surface area (Å²) in [5.41, 5.74) is 4.76. The van der Waals surface area contributed by atoms with Crippen molar-refractivity contribution in [1.82, 2.24) is 10.2 Å². The number of nitrogens with zero attached hydrogens (tertiary/aromatic N) is 2. The van der Waals surface area contributed by atoms with E-state index in [9.17, 15) is 13.2 Å². The number of aromatic nitrogens is 2. The van der Waals surface area contributed by atoms with Gasteiger partial charge in [-0.25, -0.2) is 0 Å². The molecule has 0 aliphatic carbocycles. The molecule has 2 N–H and O–H groups in total. The summed E-state index contributed by atoms with van der Waals surface area (Å²) in [4.78, 5) is 0. The normalized spacial score (nSPS) is 11.8. The van der Waals surface area contributed by atoms with Crippen molar-refractivity contribution in [2.75, 3.05) is 5.73 Å². The van der Waals surface area contributed by atoms with Crippen molar-refractivity contribution in [2.24, 2.45) is 0 Å². The SMILES string of the molecule is Nc1nnc(-c2ccc(Cl)c(C(F)(F)F)c2)s1. The Hall–Kier alpha value is -1.34. The average molecular weight is 280 g/mol. The molecule has 3 nitrogen and oxygen atoms in total. The summed E-state index contributed by atoms with van der Waals surface area (Å²) in [5, 5.41) is 7.38. The van der Waals surface area contributed by atoms with Crippen LogP contribution in [0.1, 0.15) is 5.56 Å². The maximum absolute atomic E-state index is 12.6. The van der Waals surface area contributed by atoms with Crippen molar-refractivity contribution in [3.63, 3.8) is 0 Å². The molecule has 17 heavy (non-hydrogen) atoms. The van der Waals surface area contributed by atoms with Gasteiger partial charge in [0.2, 0.25) is 5.13 Å². The summed E-state index contributed by atoms with van der Waals surface area (Å²) >= 11 is 6.51. The van der Waals surface area contributed by atoms with Crippen LogP contribution in [0.15, 0.2) is 18.2 Å². The standard InChI is InChI=1S/C9H5ClF3N3S/c10-6-2-1-4(3-5(6)9(11,12)13)7-15-16-8(14)17-7/h1-3H,(H2,14,16). The summed E-state index contributed by atoms with van der Waals surface area (Å²) in [7, 11) is 0. The summed E-state index contributed by atoms with van der Waals surface area (Å²) in [6.07, 6.45) is -4.50. The molecular formula is C9H5ClF3N3S. The van der Waals surface area contributed by atoms with E-state index in [1.807, 2.05) is 0 Å². The second-order valence-corrected chi connectivity index (χ2v) is 4.55. The Morgan fingerprint density at radius 3 is 2.47 bits per heavy atom. The Bertz CT molecular complexity index is 553. The van der Waals surface area contributed by atoms with Gasteiger partial charge in [0.1, 0.15) is 5.01 Å². The Labute approximate surface area is 103 Å². The Morgan fingerprint density at radius 2 is 1.94 bits per heavy atom. The van der Waals surface area contributed by atoms with Crippen LogP contribution in [-0.4, -0.2) is 10.2 Å². The highest BCUT2D eigenvalue weighted by Crippen LogP contribution is 2.37. The molecule has 8 heteroatoms. The Kier molecular flexibility index (Phi) is 2.96. The molecule has 0 atom stereocenters. The van der Waals surface area contributed by atoms with Crippen molar-refractivity contribution in [2.45, 2.75) is 6.18 Å². The lowest BCUT2D eigenvalue weighted by atomic mass is 10.1. The molecule has 1 aromatic carbocycles. The first-order chi connectivity index (χ1) is 7.88. The molecule has 0 saturated heterocycles. The molecule has 0 amide bonds. The van der Waals surface area contributed by atoms with Crippen LogP contribution < -0.4 is 5.73 Å². The lowest BCUT2D eigenvalue weighted by Crippen LogP contribution is -2.05. The fourth-order valence-electron chi connectivity index (χ4n) is 1.23. The van der Waals surface area contributed by atoms with Crippen LogP contribution in [0.5, 0.6) is 0 Å². The number of nitrogens with two attached hydrogens (primary N) is 1. The first-order valence-electron chi connectivity index (χ1n) is 4.34. The molecule has 2 aromatic rings. The Morgan fingerprint density at radius 1 is 1.24 bits per heavy atom. The first-order valence-corrected chi connectivity index (χ1v) is 5.53. The zero-order valence-corrected chi connectivity index (χ0v) is 9.70. The largest absolute Gasteiger partial charge is 0.417 e. The highest BCUT2D eigenvalue weighted by molar-refractivity contribution is 7.18. The maximum atomic E-state index is 12.6.